The molecule has 0 aliphatic carbocycles. The molecule has 20 heavy (non-hydrogen) atoms. The molecule has 1 atom stereocenters. The lowest BCUT2D eigenvalue weighted by Crippen LogP contribution is -2.18. The smallest absolute Gasteiger partial charge is 0.125 e. The van der Waals surface area contributed by atoms with Crippen molar-refractivity contribution in [3.63, 3.8) is 0 Å². The summed E-state index contributed by atoms with van der Waals surface area (Å²) in [6.07, 6.45) is 3.89. The van der Waals surface area contributed by atoms with Crippen molar-refractivity contribution in [3.8, 4) is 5.75 Å². The van der Waals surface area contributed by atoms with Crippen molar-refractivity contribution in [1.82, 2.24) is 15.1 Å². The highest BCUT2D eigenvalue weighted by atomic mass is 35.5. The molecule has 0 saturated heterocycles. The molecule has 1 aromatic heterocycles. The number of rotatable bonds is 6. The zero-order valence-corrected chi connectivity index (χ0v) is 12.8. The molecule has 2 rings (SSSR count). The third kappa shape index (κ3) is 3.74. The van der Waals surface area contributed by atoms with Gasteiger partial charge in [0.1, 0.15) is 5.75 Å². The first kappa shape index (κ1) is 14.9. The van der Waals surface area contributed by atoms with Crippen LogP contribution >= 0.6 is 11.6 Å². The van der Waals surface area contributed by atoms with Crippen molar-refractivity contribution < 1.29 is 4.74 Å². The van der Waals surface area contributed by atoms with Crippen LogP contribution < -0.4 is 10.1 Å². The van der Waals surface area contributed by atoms with E-state index in [4.69, 9.17) is 16.3 Å². The summed E-state index contributed by atoms with van der Waals surface area (Å²) in [4.78, 5) is 0. The summed E-state index contributed by atoms with van der Waals surface area (Å²) in [5.41, 5.74) is 2.27. The fourth-order valence-corrected chi connectivity index (χ4v) is 2.17. The monoisotopic (exact) mass is 293 g/mol. The summed E-state index contributed by atoms with van der Waals surface area (Å²) in [6, 6.07) is 5.97. The van der Waals surface area contributed by atoms with Crippen LogP contribution in [0.4, 0.5) is 0 Å². The molecule has 1 heterocycles. The summed E-state index contributed by atoms with van der Waals surface area (Å²) >= 11 is 6.00. The van der Waals surface area contributed by atoms with E-state index in [1.807, 2.05) is 44.6 Å². The highest BCUT2D eigenvalue weighted by Gasteiger charge is 2.09. The number of ether oxygens (including phenoxy) is 1. The average Bonchev–Trinajstić information content (AvgIpc) is 2.85. The summed E-state index contributed by atoms with van der Waals surface area (Å²) in [5, 5.41) is 8.35. The molecule has 1 aromatic carbocycles. The molecule has 0 unspecified atom stereocenters. The minimum absolute atomic E-state index is 0.230. The van der Waals surface area contributed by atoms with Gasteiger partial charge in [0.25, 0.3) is 0 Å². The number of halogens is 1. The molecule has 4 nitrogen and oxygen atoms in total. The second kappa shape index (κ2) is 6.77. The molecule has 0 radical (unpaired) electrons. The first-order chi connectivity index (χ1) is 9.60. The van der Waals surface area contributed by atoms with Crippen molar-refractivity contribution in [3.05, 3.63) is 46.7 Å². The Morgan fingerprint density at radius 1 is 1.45 bits per heavy atom. The van der Waals surface area contributed by atoms with E-state index in [1.165, 1.54) is 5.56 Å². The van der Waals surface area contributed by atoms with Crippen LogP contribution in [0.5, 0.6) is 5.75 Å². The van der Waals surface area contributed by atoms with E-state index in [9.17, 15) is 0 Å². The van der Waals surface area contributed by atoms with Crippen molar-refractivity contribution in [2.45, 2.75) is 26.4 Å². The molecule has 0 fully saturated rings. The van der Waals surface area contributed by atoms with Gasteiger partial charge in [-0.1, -0.05) is 17.7 Å². The maximum Gasteiger partial charge on any atom is 0.125 e. The quantitative estimate of drug-likeness (QED) is 0.888. The number of hydrogen-bond acceptors (Lipinski definition) is 3. The maximum atomic E-state index is 6.00. The third-order valence-corrected chi connectivity index (χ3v) is 3.39. The van der Waals surface area contributed by atoms with E-state index < -0.39 is 0 Å². The highest BCUT2D eigenvalue weighted by molar-refractivity contribution is 6.30. The van der Waals surface area contributed by atoms with Crippen LogP contribution in [-0.4, -0.2) is 16.4 Å². The topological polar surface area (TPSA) is 39.1 Å². The van der Waals surface area contributed by atoms with Crippen LogP contribution in [0.1, 0.15) is 31.0 Å². The normalized spacial score (nSPS) is 12.4. The highest BCUT2D eigenvalue weighted by Crippen LogP contribution is 2.24. The molecule has 1 N–H and O–H groups in total. The third-order valence-electron chi connectivity index (χ3n) is 3.15. The van der Waals surface area contributed by atoms with Crippen LogP contribution in [0.3, 0.4) is 0 Å². The number of aromatic nitrogens is 2. The van der Waals surface area contributed by atoms with Crippen molar-refractivity contribution in [1.29, 1.82) is 0 Å². The van der Waals surface area contributed by atoms with Gasteiger partial charge in [0.2, 0.25) is 0 Å². The van der Waals surface area contributed by atoms with E-state index in [1.54, 1.807) is 4.68 Å². The van der Waals surface area contributed by atoms with Crippen molar-refractivity contribution in [2.24, 2.45) is 7.05 Å². The van der Waals surface area contributed by atoms with Crippen molar-refractivity contribution in [2.75, 3.05) is 6.61 Å². The number of benzene rings is 1. The predicted octanol–water partition coefficient (Wildman–Crippen LogP) is 3.32. The molecule has 0 aliphatic rings. The van der Waals surface area contributed by atoms with E-state index in [0.717, 1.165) is 17.9 Å². The first-order valence-electron chi connectivity index (χ1n) is 6.73. The zero-order valence-electron chi connectivity index (χ0n) is 12.1. The van der Waals surface area contributed by atoms with Crippen LogP contribution in [0.2, 0.25) is 5.02 Å². The Morgan fingerprint density at radius 2 is 2.25 bits per heavy atom. The SMILES string of the molecule is CCOc1cc(Cl)ccc1CN[C@@H](C)c1cnn(C)c1. The molecule has 0 bridgehead atoms. The Balaban J connectivity index is 2.03. The van der Waals surface area contributed by atoms with E-state index in [2.05, 4.69) is 17.3 Å². The van der Waals surface area contributed by atoms with Gasteiger partial charge >= 0.3 is 0 Å². The lowest BCUT2D eigenvalue weighted by atomic mass is 10.1. The summed E-state index contributed by atoms with van der Waals surface area (Å²) < 4.78 is 7.43. The lowest BCUT2D eigenvalue weighted by molar-refractivity contribution is 0.335. The van der Waals surface area contributed by atoms with Crippen LogP contribution in [0.25, 0.3) is 0 Å². The fourth-order valence-electron chi connectivity index (χ4n) is 2.01. The van der Waals surface area contributed by atoms with Gasteiger partial charge in [0.15, 0.2) is 0 Å². The number of nitrogens with zero attached hydrogens (tertiary/aromatic N) is 2. The predicted molar refractivity (Wildman–Crippen MR) is 81.1 cm³/mol. The van der Waals surface area contributed by atoms with Crippen LogP contribution in [-0.2, 0) is 13.6 Å². The Morgan fingerprint density at radius 3 is 2.90 bits per heavy atom. The van der Waals surface area contributed by atoms with E-state index in [-0.39, 0.29) is 6.04 Å². The van der Waals surface area contributed by atoms with Gasteiger partial charge in [0.05, 0.1) is 12.8 Å². The van der Waals surface area contributed by atoms with Gasteiger partial charge in [-0.25, -0.2) is 0 Å². The largest absolute Gasteiger partial charge is 0.493 e. The molecular formula is C15H20ClN3O. The van der Waals surface area contributed by atoms with Gasteiger partial charge in [-0.2, -0.15) is 5.10 Å². The number of aryl methyl sites for hydroxylation is 1. The Labute approximate surface area is 124 Å². The number of nitrogens with one attached hydrogen (secondary N) is 1. The Bertz CT molecular complexity index is 568. The molecule has 108 valence electrons. The second-order valence-electron chi connectivity index (χ2n) is 4.73. The van der Waals surface area contributed by atoms with E-state index >= 15 is 0 Å². The van der Waals surface area contributed by atoms with Crippen LogP contribution in [0.15, 0.2) is 30.6 Å². The summed E-state index contributed by atoms with van der Waals surface area (Å²) in [7, 11) is 1.92. The average molecular weight is 294 g/mol. The van der Waals surface area contributed by atoms with Gasteiger partial charge in [0, 0.05) is 42.0 Å². The van der Waals surface area contributed by atoms with Gasteiger partial charge in [-0.15, -0.1) is 0 Å². The number of hydrogen-bond donors (Lipinski definition) is 1. The maximum absolute atomic E-state index is 6.00. The van der Waals surface area contributed by atoms with Gasteiger partial charge < -0.3 is 10.1 Å². The molecule has 0 amide bonds. The molecule has 0 aliphatic heterocycles. The standard InChI is InChI=1S/C15H20ClN3O/c1-4-20-15-7-14(16)6-5-12(15)8-17-11(2)13-9-18-19(3)10-13/h5-7,9-11,17H,4,8H2,1-3H3/t11-/m0/s1. The minimum Gasteiger partial charge on any atom is -0.493 e. The van der Waals surface area contributed by atoms with Gasteiger partial charge in [-0.3, -0.25) is 4.68 Å². The first-order valence-corrected chi connectivity index (χ1v) is 7.11. The van der Waals surface area contributed by atoms with Gasteiger partial charge in [-0.05, 0) is 26.0 Å². The molecule has 0 saturated carbocycles. The Kier molecular flexibility index (Phi) is 5.04. The Hall–Kier alpha value is -1.52. The molecular weight excluding hydrogens is 274 g/mol. The van der Waals surface area contributed by atoms with E-state index in [0.29, 0.717) is 11.6 Å². The summed E-state index contributed by atoms with van der Waals surface area (Å²) in [5.74, 6) is 0.839. The van der Waals surface area contributed by atoms with Crippen LogP contribution in [0, 0.1) is 0 Å². The molecule has 2 aromatic rings. The summed E-state index contributed by atoms with van der Waals surface area (Å²) in [6.45, 7) is 5.44. The molecule has 0 spiro atoms. The fraction of sp³-hybridized carbons (Fsp3) is 0.400. The van der Waals surface area contributed by atoms with Crippen molar-refractivity contribution >= 4 is 11.6 Å². The minimum atomic E-state index is 0.230. The lowest BCUT2D eigenvalue weighted by Gasteiger charge is -2.15. The molecule has 5 heteroatoms. The zero-order chi connectivity index (χ0) is 14.5. The second-order valence-corrected chi connectivity index (χ2v) is 5.17.